The Kier molecular flexibility index (Phi) is 6.04. The minimum Gasteiger partial charge on any atom is -0.489 e. The highest BCUT2D eigenvalue weighted by Crippen LogP contribution is 2.37. The van der Waals surface area contributed by atoms with Crippen molar-refractivity contribution in [1.29, 1.82) is 0 Å². The van der Waals surface area contributed by atoms with E-state index in [2.05, 4.69) is 5.32 Å². The lowest BCUT2D eigenvalue weighted by Crippen LogP contribution is -2.47. The summed E-state index contributed by atoms with van der Waals surface area (Å²) in [6, 6.07) is 15.2. The average molecular weight is 377 g/mol. The maximum atomic E-state index is 13.2. The maximum Gasteiger partial charge on any atom is 0.393 e. The number of carbonyl (C=O) groups excluding carboxylic acids is 1. The summed E-state index contributed by atoms with van der Waals surface area (Å²) in [6.07, 6.45) is -2.65. The second kappa shape index (κ2) is 8.46. The molecule has 3 rings (SSSR count). The molecule has 1 aliphatic carbocycles. The first-order valence-corrected chi connectivity index (χ1v) is 9.08. The Balaban J connectivity index is 1.64. The second-order valence-corrected chi connectivity index (χ2v) is 6.81. The van der Waals surface area contributed by atoms with E-state index >= 15 is 0 Å². The molecule has 1 N–H and O–H groups in total. The molecule has 0 spiro atoms. The van der Waals surface area contributed by atoms with Crippen molar-refractivity contribution < 1.29 is 22.7 Å². The fraction of sp³-hybridized carbons (Fsp3) is 0.381. The molecule has 2 unspecified atom stereocenters. The van der Waals surface area contributed by atoms with E-state index in [1.807, 2.05) is 30.3 Å². The van der Waals surface area contributed by atoms with Crippen LogP contribution < -0.4 is 10.1 Å². The summed E-state index contributed by atoms with van der Waals surface area (Å²) in [5, 5.41) is 2.58. The van der Waals surface area contributed by atoms with Gasteiger partial charge in [-0.05, 0) is 36.6 Å². The van der Waals surface area contributed by atoms with E-state index in [1.165, 1.54) is 0 Å². The molecule has 0 heterocycles. The molecule has 2 atom stereocenters. The third-order valence-corrected chi connectivity index (χ3v) is 4.85. The molecule has 144 valence electrons. The van der Waals surface area contributed by atoms with Crippen molar-refractivity contribution in [2.24, 2.45) is 5.92 Å². The fourth-order valence-electron chi connectivity index (χ4n) is 3.42. The Morgan fingerprint density at radius 3 is 2.52 bits per heavy atom. The molecule has 3 nitrogen and oxygen atoms in total. The Labute approximate surface area is 156 Å². The van der Waals surface area contributed by atoms with E-state index in [0.29, 0.717) is 37.2 Å². The molecule has 0 saturated heterocycles. The van der Waals surface area contributed by atoms with Crippen molar-refractivity contribution in [1.82, 2.24) is 5.32 Å². The average Bonchev–Trinajstić information content (AvgIpc) is 2.67. The number of amides is 1. The molecule has 1 amide bonds. The zero-order valence-corrected chi connectivity index (χ0v) is 14.8. The lowest BCUT2D eigenvalue weighted by molar-refractivity contribution is -0.187. The van der Waals surface area contributed by atoms with Gasteiger partial charge in [0.05, 0.1) is 5.92 Å². The lowest BCUT2D eigenvalue weighted by Gasteiger charge is -2.33. The topological polar surface area (TPSA) is 38.3 Å². The minimum absolute atomic E-state index is 0.0642. The number of halogens is 3. The molecular formula is C21H22F3NO2. The third kappa shape index (κ3) is 5.25. The molecule has 0 radical (unpaired) electrons. The van der Waals surface area contributed by atoms with Gasteiger partial charge in [0.2, 0.25) is 0 Å². The van der Waals surface area contributed by atoms with Crippen molar-refractivity contribution in [3.8, 4) is 5.75 Å². The van der Waals surface area contributed by atoms with Gasteiger partial charge >= 0.3 is 6.18 Å². The molecule has 2 aromatic carbocycles. The largest absolute Gasteiger partial charge is 0.489 e. The van der Waals surface area contributed by atoms with Crippen LogP contribution in [0.2, 0.25) is 0 Å². The molecule has 2 aromatic rings. The van der Waals surface area contributed by atoms with Crippen LogP contribution in [-0.2, 0) is 6.61 Å². The smallest absolute Gasteiger partial charge is 0.393 e. The third-order valence-electron chi connectivity index (χ3n) is 4.85. The van der Waals surface area contributed by atoms with Gasteiger partial charge in [-0.25, -0.2) is 0 Å². The van der Waals surface area contributed by atoms with Crippen LogP contribution in [0.25, 0.3) is 0 Å². The number of rotatable bonds is 5. The van der Waals surface area contributed by atoms with Crippen LogP contribution in [0.4, 0.5) is 13.2 Å². The van der Waals surface area contributed by atoms with Crippen LogP contribution in [0.3, 0.4) is 0 Å². The maximum absolute atomic E-state index is 13.2. The summed E-state index contributed by atoms with van der Waals surface area (Å²) in [4.78, 5) is 12.5. The molecule has 0 aliphatic heterocycles. The number of nitrogens with one attached hydrogen (secondary N) is 1. The van der Waals surface area contributed by atoms with Gasteiger partial charge in [-0.1, -0.05) is 49.2 Å². The van der Waals surface area contributed by atoms with Gasteiger partial charge in [-0.3, -0.25) is 4.79 Å². The first-order valence-electron chi connectivity index (χ1n) is 9.08. The van der Waals surface area contributed by atoms with Gasteiger partial charge in [0.1, 0.15) is 12.4 Å². The normalized spacial score (nSPS) is 20.1. The predicted molar refractivity (Wildman–Crippen MR) is 96.5 cm³/mol. The predicted octanol–water partition coefficient (Wildman–Crippen LogP) is 5.12. The van der Waals surface area contributed by atoms with Crippen LogP contribution in [0.1, 0.15) is 41.6 Å². The van der Waals surface area contributed by atoms with Gasteiger partial charge in [0.15, 0.2) is 0 Å². The second-order valence-electron chi connectivity index (χ2n) is 6.81. The Morgan fingerprint density at radius 2 is 1.78 bits per heavy atom. The summed E-state index contributed by atoms with van der Waals surface area (Å²) >= 11 is 0. The monoisotopic (exact) mass is 377 g/mol. The van der Waals surface area contributed by atoms with Gasteiger partial charge < -0.3 is 10.1 Å². The molecule has 0 aromatic heterocycles. The van der Waals surface area contributed by atoms with Crippen molar-refractivity contribution in [2.45, 2.75) is 44.5 Å². The summed E-state index contributed by atoms with van der Waals surface area (Å²) < 4.78 is 45.3. The van der Waals surface area contributed by atoms with Crippen molar-refractivity contribution in [3.63, 3.8) is 0 Å². The standard InChI is InChI=1S/C21H22F3NO2/c22-21(23,24)18-11-4-5-12-19(18)25-20(26)16-9-6-10-17(13-16)27-14-15-7-2-1-3-8-15/h1-3,6-10,13,18-19H,4-5,11-12,14H2,(H,25,26). The molecule has 1 saturated carbocycles. The van der Waals surface area contributed by atoms with E-state index < -0.39 is 24.0 Å². The highest BCUT2D eigenvalue weighted by Gasteiger charge is 2.45. The lowest BCUT2D eigenvalue weighted by atomic mass is 9.84. The first kappa shape index (κ1) is 19.3. The summed E-state index contributed by atoms with van der Waals surface area (Å²) in [7, 11) is 0. The van der Waals surface area contributed by atoms with Crippen molar-refractivity contribution >= 4 is 5.91 Å². The first-order chi connectivity index (χ1) is 12.9. The van der Waals surface area contributed by atoms with E-state index in [9.17, 15) is 18.0 Å². The molecule has 6 heteroatoms. The van der Waals surface area contributed by atoms with Crippen LogP contribution in [0, 0.1) is 5.92 Å². The van der Waals surface area contributed by atoms with Crippen LogP contribution in [0.5, 0.6) is 5.75 Å². The number of ether oxygens (including phenoxy) is 1. The Hall–Kier alpha value is -2.50. The number of carbonyl (C=O) groups is 1. The fourth-order valence-corrected chi connectivity index (χ4v) is 3.42. The summed E-state index contributed by atoms with van der Waals surface area (Å²) in [6.45, 7) is 0.352. The van der Waals surface area contributed by atoms with Gasteiger partial charge in [-0.2, -0.15) is 13.2 Å². The quantitative estimate of drug-likeness (QED) is 0.786. The molecule has 0 bridgehead atoms. The van der Waals surface area contributed by atoms with Gasteiger partial charge in [-0.15, -0.1) is 0 Å². The molecule has 1 fully saturated rings. The van der Waals surface area contributed by atoms with Crippen LogP contribution in [-0.4, -0.2) is 18.1 Å². The van der Waals surface area contributed by atoms with Crippen molar-refractivity contribution in [2.75, 3.05) is 0 Å². The van der Waals surface area contributed by atoms with E-state index in [1.54, 1.807) is 24.3 Å². The molecule has 27 heavy (non-hydrogen) atoms. The summed E-state index contributed by atoms with van der Waals surface area (Å²) in [5.41, 5.74) is 1.29. The van der Waals surface area contributed by atoms with Gasteiger partial charge in [0.25, 0.3) is 5.91 Å². The van der Waals surface area contributed by atoms with Gasteiger partial charge in [0, 0.05) is 11.6 Å². The molecule has 1 aliphatic rings. The van der Waals surface area contributed by atoms with E-state index in [4.69, 9.17) is 4.74 Å². The number of benzene rings is 2. The summed E-state index contributed by atoms with van der Waals surface area (Å²) in [5.74, 6) is -1.48. The molecular weight excluding hydrogens is 355 g/mol. The van der Waals surface area contributed by atoms with Crippen LogP contribution >= 0.6 is 0 Å². The highest BCUT2D eigenvalue weighted by molar-refractivity contribution is 5.94. The van der Waals surface area contributed by atoms with E-state index in [-0.39, 0.29) is 6.42 Å². The number of hydrogen-bond donors (Lipinski definition) is 1. The number of alkyl halides is 3. The minimum atomic E-state index is -4.29. The Bertz CT molecular complexity index is 762. The van der Waals surface area contributed by atoms with E-state index in [0.717, 1.165) is 5.56 Å². The van der Waals surface area contributed by atoms with Crippen LogP contribution in [0.15, 0.2) is 54.6 Å². The SMILES string of the molecule is O=C(NC1CCCCC1C(F)(F)F)c1cccc(OCc2ccccc2)c1. The zero-order chi connectivity index (χ0) is 19.3. The zero-order valence-electron chi connectivity index (χ0n) is 14.8. The number of hydrogen-bond acceptors (Lipinski definition) is 2. The van der Waals surface area contributed by atoms with Crippen molar-refractivity contribution in [3.05, 3.63) is 65.7 Å². The Morgan fingerprint density at radius 1 is 1.04 bits per heavy atom. The highest BCUT2D eigenvalue weighted by atomic mass is 19.4.